The highest BCUT2D eigenvalue weighted by atomic mass is 16.6. The fourth-order valence-electron chi connectivity index (χ4n) is 1.81. The molecule has 0 saturated heterocycles. The second kappa shape index (κ2) is 4.20. The third-order valence-electron chi connectivity index (χ3n) is 2.63. The molecule has 7 heteroatoms. The van der Waals surface area contributed by atoms with Crippen molar-refractivity contribution in [1.82, 2.24) is 15.0 Å². The molecule has 0 atom stereocenters. The van der Waals surface area contributed by atoms with E-state index in [1.54, 1.807) is 24.3 Å². The van der Waals surface area contributed by atoms with Crippen LogP contribution in [-0.4, -0.2) is 33.5 Å². The number of carbonyl (C=O) groups excluding carboxylic acids is 2. The van der Waals surface area contributed by atoms with E-state index in [1.807, 2.05) is 6.92 Å². The van der Waals surface area contributed by atoms with Gasteiger partial charge in [-0.3, -0.25) is 0 Å². The van der Waals surface area contributed by atoms with Crippen LogP contribution < -0.4 is 4.74 Å². The zero-order valence-corrected chi connectivity index (χ0v) is 9.99. The topological polar surface area (TPSA) is 83.3 Å². The van der Waals surface area contributed by atoms with Gasteiger partial charge in [0.1, 0.15) is 5.75 Å². The van der Waals surface area contributed by atoms with E-state index < -0.39 is 11.9 Å². The molecule has 0 amide bonds. The number of hydrogen-bond donors (Lipinski definition) is 0. The summed E-state index contributed by atoms with van der Waals surface area (Å²) < 4.78 is 11.1. The van der Waals surface area contributed by atoms with E-state index in [-0.39, 0.29) is 11.4 Å². The minimum absolute atomic E-state index is 0.0501. The molecule has 0 unspecified atom stereocenters. The first-order valence-corrected chi connectivity index (χ1v) is 5.66. The van der Waals surface area contributed by atoms with Crippen molar-refractivity contribution in [2.24, 2.45) is 0 Å². The van der Waals surface area contributed by atoms with Crippen LogP contribution in [0.1, 0.15) is 27.9 Å². The van der Waals surface area contributed by atoms with Crippen LogP contribution >= 0.6 is 0 Å². The lowest BCUT2D eigenvalue weighted by Crippen LogP contribution is -2.08. The molecule has 0 aliphatic carbocycles. The molecule has 0 N–H and O–H groups in total. The van der Waals surface area contributed by atoms with E-state index in [1.165, 1.54) is 4.68 Å². The third-order valence-corrected chi connectivity index (χ3v) is 2.63. The molecule has 2 aromatic rings. The molecule has 19 heavy (non-hydrogen) atoms. The molecular formula is C12H9N3O4. The molecule has 0 radical (unpaired) electrons. The van der Waals surface area contributed by atoms with Crippen LogP contribution in [0.2, 0.25) is 0 Å². The normalized spacial score (nSPS) is 13.3. The van der Waals surface area contributed by atoms with Gasteiger partial charge in [0.2, 0.25) is 5.69 Å². The third kappa shape index (κ3) is 1.75. The molecule has 1 aliphatic rings. The lowest BCUT2D eigenvalue weighted by molar-refractivity contribution is 0.0434. The van der Waals surface area contributed by atoms with Gasteiger partial charge in [-0.25, -0.2) is 14.3 Å². The van der Waals surface area contributed by atoms with E-state index in [4.69, 9.17) is 4.74 Å². The summed E-state index contributed by atoms with van der Waals surface area (Å²) in [6.07, 6.45) is 0. The highest BCUT2D eigenvalue weighted by Crippen LogP contribution is 2.22. The number of nitrogens with zero attached hydrogens (tertiary/aromatic N) is 3. The van der Waals surface area contributed by atoms with Gasteiger partial charge in [0.05, 0.1) is 12.3 Å². The average Bonchev–Trinajstić information content (AvgIpc) is 2.94. The van der Waals surface area contributed by atoms with Crippen LogP contribution in [-0.2, 0) is 4.74 Å². The largest absolute Gasteiger partial charge is 0.494 e. The fourth-order valence-corrected chi connectivity index (χ4v) is 1.81. The number of rotatable bonds is 3. The molecule has 0 saturated carbocycles. The van der Waals surface area contributed by atoms with Gasteiger partial charge >= 0.3 is 11.9 Å². The Morgan fingerprint density at radius 3 is 2.63 bits per heavy atom. The first kappa shape index (κ1) is 11.4. The van der Waals surface area contributed by atoms with Gasteiger partial charge in [0.15, 0.2) is 5.69 Å². The summed E-state index contributed by atoms with van der Waals surface area (Å²) >= 11 is 0. The van der Waals surface area contributed by atoms with Gasteiger partial charge in [-0.2, -0.15) is 0 Å². The molecule has 0 fully saturated rings. The summed E-state index contributed by atoms with van der Waals surface area (Å²) in [5.74, 6) is -0.794. The highest BCUT2D eigenvalue weighted by molar-refractivity contribution is 6.12. The smallest absolute Gasteiger partial charge is 0.369 e. The Hall–Kier alpha value is -2.70. The number of fused-ring (bicyclic) bond motifs is 1. The summed E-state index contributed by atoms with van der Waals surface area (Å²) in [4.78, 5) is 22.8. The molecule has 3 rings (SSSR count). The van der Waals surface area contributed by atoms with Gasteiger partial charge in [-0.1, -0.05) is 5.21 Å². The number of hydrogen-bond acceptors (Lipinski definition) is 6. The van der Waals surface area contributed by atoms with E-state index >= 15 is 0 Å². The molecular weight excluding hydrogens is 250 g/mol. The summed E-state index contributed by atoms with van der Waals surface area (Å²) in [5.41, 5.74) is 0.594. The number of benzene rings is 1. The minimum atomic E-state index is -0.766. The van der Waals surface area contributed by atoms with Crippen molar-refractivity contribution in [2.45, 2.75) is 6.92 Å². The second-order valence-corrected chi connectivity index (χ2v) is 3.80. The molecule has 2 heterocycles. The van der Waals surface area contributed by atoms with E-state index in [0.29, 0.717) is 18.0 Å². The van der Waals surface area contributed by atoms with Crippen LogP contribution in [0.4, 0.5) is 0 Å². The van der Waals surface area contributed by atoms with Crippen molar-refractivity contribution in [3.05, 3.63) is 35.7 Å². The molecule has 0 spiro atoms. The molecule has 1 aromatic carbocycles. The van der Waals surface area contributed by atoms with Gasteiger partial charge in [0.25, 0.3) is 0 Å². The van der Waals surface area contributed by atoms with Gasteiger partial charge in [-0.05, 0) is 31.2 Å². The zero-order chi connectivity index (χ0) is 13.4. The number of cyclic esters (lactones) is 2. The van der Waals surface area contributed by atoms with Crippen LogP contribution in [0.15, 0.2) is 24.3 Å². The van der Waals surface area contributed by atoms with Crippen LogP contribution in [0.3, 0.4) is 0 Å². The van der Waals surface area contributed by atoms with Crippen LogP contribution in [0.5, 0.6) is 5.75 Å². The van der Waals surface area contributed by atoms with E-state index in [0.717, 1.165) is 0 Å². The van der Waals surface area contributed by atoms with Crippen LogP contribution in [0.25, 0.3) is 5.69 Å². The Morgan fingerprint density at radius 2 is 1.95 bits per heavy atom. The molecule has 96 valence electrons. The molecule has 7 nitrogen and oxygen atoms in total. The van der Waals surface area contributed by atoms with Crippen molar-refractivity contribution < 1.29 is 19.1 Å². The molecule has 0 bridgehead atoms. The zero-order valence-electron chi connectivity index (χ0n) is 9.99. The maximum atomic E-state index is 11.5. The molecule has 1 aromatic heterocycles. The van der Waals surface area contributed by atoms with Gasteiger partial charge in [-0.15, -0.1) is 5.10 Å². The highest BCUT2D eigenvalue weighted by Gasteiger charge is 2.37. The predicted molar refractivity (Wildman–Crippen MR) is 62.3 cm³/mol. The minimum Gasteiger partial charge on any atom is -0.494 e. The van der Waals surface area contributed by atoms with Gasteiger partial charge < -0.3 is 9.47 Å². The predicted octanol–water partition coefficient (Wildman–Crippen LogP) is 0.977. The monoisotopic (exact) mass is 259 g/mol. The molecule has 1 aliphatic heterocycles. The summed E-state index contributed by atoms with van der Waals surface area (Å²) in [6, 6.07) is 6.93. The van der Waals surface area contributed by atoms with Crippen molar-refractivity contribution in [1.29, 1.82) is 0 Å². The summed E-state index contributed by atoms with van der Waals surface area (Å²) in [5, 5.41) is 7.44. The Kier molecular flexibility index (Phi) is 2.52. The Balaban J connectivity index is 2.02. The van der Waals surface area contributed by atoms with Crippen molar-refractivity contribution in [3.63, 3.8) is 0 Å². The Labute approximate surface area is 107 Å². The summed E-state index contributed by atoms with van der Waals surface area (Å²) in [6.45, 7) is 2.46. The number of esters is 2. The number of aromatic nitrogens is 3. The van der Waals surface area contributed by atoms with Gasteiger partial charge in [0, 0.05) is 0 Å². The summed E-state index contributed by atoms with van der Waals surface area (Å²) in [7, 11) is 0. The lowest BCUT2D eigenvalue weighted by atomic mass is 10.3. The lowest BCUT2D eigenvalue weighted by Gasteiger charge is -2.05. The maximum Gasteiger partial charge on any atom is 0.369 e. The second-order valence-electron chi connectivity index (χ2n) is 3.80. The van der Waals surface area contributed by atoms with Crippen LogP contribution in [0, 0.1) is 0 Å². The number of ether oxygens (including phenoxy) is 2. The quantitative estimate of drug-likeness (QED) is 0.603. The first-order valence-electron chi connectivity index (χ1n) is 5.66. The maximum absolute atomic E-state index is 11.5. The first-order chi connectivity index (χ1) is 9.20. The van der Waals surface area contributed by atoms with Crippen molar-refractivity contribution >= 4 is 11.9 Å². The van der Waals surface area contributed by atoms with E-state index in [2.05, 4.69) is 15.0 Å². The average molecular weight is 259 g/mol. The Morgan fingerprint density at radius 1 is 1.21 bits per heavy atom. The fraction of sp³-hybridized carbons (Fsp3) is 0.167. The standard InChI is InChI=1S/C12H9N3O4/c1-2-18-8-5-3-7(4-6-8)15-10-9(13-14-15)11(16)19-12(10)17/h3-6H,2H2,1H3. The van der Waals surface area contributed by atoms with Crippen molar-refractivity contribution in [3.8, 4) is 11.4 Å². The van der Waals surface area contributed by atoms with Crippen molar-refractivity contribution in [2.75, 3.05) is 6.61 Å². The number of carbonyl (C=O) groups is 2. The Bertz CT molecular complexity index is 660. The van der Waals surface area contributed by atoms with E-state index in [9.17, 15) is 9.59 Å². The SMILES string of the molecule is CCOc1ccc(-n2nnc3c2C(=O)OC3=O)cc1.